The molecule has 0 aliphatic carbocycles. The van der Waals surface area contributed by atoms with Gasteiger partial charge < -0.3 is 10.3 Å². The van der Waals surface area contributed by atoms with Crippen molar-refractivity contribution in [1.29, 1.82) is 0 Å². The maximum Gasteiger partial charge on any atom is 0.258 e. The van der Waals surface area contributed by atoms with Crippen molar-refractivity contribution in [2.45, 2.75) is 13.0 Å². The van der Waals surface area contributed by atoms with Crippen LogP contribution in [0.4, 0.5) is 0 Å². The Balaban J connectivity index is 2.69. The average molecular weight is 282 g/mol. The highest BCUT2D eigenvalue weighted by Crippen LogP contribution is 2.16. The summed E-state index contributed by atoms with van der Waals surface area (Å²) in [6, 6.07) is 5.51. The van der Waals surface area contributed by atoms with Gasteiger partial charge in [0.1, 0.15) is 5.82 Å². The molecule has 1 aromatic heterocycles. The number of nitrogens with one attached hydrogen (secondary N) is 2. The van der Waals surface area contributed by atoms with Crippen molar-refractivity contribution in [3.63, 3.8) is 0 Å². The maximum atomic E-state index is 11.8. The highest BCUT2D eigenvalue weighted by Gasteiger charge is 2.08. The predicted octanol–water partition coefficient (Wildman–Crippen LogP) is 1.97. The third kappa shape index (κ3) is 2.01. The lowest BCUT2D eigenvalue weighted by Gasteiger charge is -2.09. The summed E-state index contributed by atoms with van der Waals surface area (Å²) in [5.41, 5.74) is 0.604. The van der Waals surface area contributed by atoms with Crippen LogP contribution in [0.15, 0.2) is 27.5 Å². The van der Waals surface area contributed by atoms with Gasteiger partial charge in [0.15, 0.2) is 0 Å². The van der Waals surface area contributed by atoms with E-state index in [0.29, 0.717) is 16.7 Å². The fourth-order valence-corrected chi connectivity index (χ4v) is 1.83. The topological polar surface area (TPSA) is 57.8 Å². The molecule has 0 fully saturated rings. The average Bonchev–Trinajstić information content (AvgIpc) is 2.28. The summed E-state index contributed by atoms with van der Waals surface area (Å²) in [4.78, 5) is 19.0. The first kappa shape index (κ1) is 11.3. The minimum absolute atomic E-state index is 0.0285. The van der Waals surface area contributed by atoms with Gasteiger partial charge in [-0.2, -0.15) is 0 Å². The molecule has 0 bridgehead atoms. The van der Waals surface area contributed by atoms with Crippen LogP contribution < -0.4 is 10.9 Å². The first-order valence-electron chi connectivity index (χ1n) is 4.98. The number of aromatic nitrogens is 2. The van der Waals surface area contributed by atoms with Crippen LogP contribution in [-0.2, 0) is 0 Å². The summed E-state index contributed by atoms with van der Waals surface area (Å²) >= 11 is 3.33. The molecule has 0 aliphatic rings. The fraction of sp³-hybridized carbons (Fsp3) is 0.273. The van der Waals surface area contributed by atoms with Crippen LogP contribution in [0.1, 0.15) is 18.8 Å². The molecular formula is C11H12BrN3O. The highest BCUT2D eigenvalue weighted by molar-refractivity contribution is 9.10. The normalized spacial score (nSPS) is 12.9. The van der Waals surface area contributed by atoms with E-state index >= 15 is 0 Å². The van der Waals surface area contributed by atoms with Gasteiger partial charge in [0, 0.05) is 4.47 Å². The van der Waals surface area contributed by atoms with E-state index in [4.69, 9.17) is 0 Å². The van der Waals surface area contributed by atoms with Gasteiger partial charge in [-0.05, 0) is 32.2 Å². The molecule has 0 saturated carbocycles. The zero-order chi connectivity index (χ0) is 11.7. The maximum absolute atomic E-state index is 11.8. The zero-order valence-corrected chi connectivity index (χ0v) is 10.6. The van der Waals surface area contributed by atoms with Gasteiger partial charge in [0.25, 0.3) is 5.56 Å². The van der Waals surface area contributed by atoms with Gasteiger partial charge in [0.05, 0.1) is 16.9 Å². The van der Waals surface area contributed by atoms with Crippen LogP contribution in [0, 0.1) is 0 Å². The molecule has 4 nitrogen and oxygen atoms in total. The standard InChI is InChI=1S/C11H12BrN3O/c1-6(13-2)10-14-9-4-3-7(12)5-8(9)11(16)15-10/h3-6,13H,1-2H3,(H,14,15,16). The zero-order valence-electron chi connectivity index (χ0n) is 9.04. The Hall–Kier alpha value is -1.20. The second kappa shape index (κ2) is 4.35. The number of benzene rings is 1. The Morgan fingerprint density at radius 1 is 1.50 bits per heavy atom. The molecule has 1 unspecified atom stereocenters. The second-order valence-corrected chi connectivity index (χ2v) is 4.54. The molecule has 0 saturated heterocycles. The van der Waals surface area contributed by atoms with Crippen LogP contribution >= 0.6 is 15.9 Å². The van der Waals surface area contributed by atoms with Gasteiger partial charge in [-0.3, -0.25) is 4.79 Å². The molecule has 2 N–H and O–H groups in total. The number of nitrogens with zero attached hydrogens (tertiary/aromatic N) is 1. The summed E-state index contributed by atoms with van der Waals surface area (Å²) in [6.45, 7) is 1.95. The SMILES string of the molecule is CNC(C)c1nc2ccc(Br)cc2c(=O)[nH]1. The minimum atomic E-state index is -0.108. The Bertz CT molecular complexity index is 579. The van der Waals surface area contributed by atoms with Crippen LogP contribution in [0.5, 0.6) is 0 Å². The monoisotopic (exact) mass is 281 g/mol. The van der Waals surface area contributed by atoms with Gasteiger partial charge in [-0.25, -0.2) is 4.98 Å². The van der Waals surface area contributed by atoms with Gasteiger partial charge in [-0.1, -0.05) is 15.9 Å². The molecule has 2 rings (SSSR count). The van der Waals surface area contributed by atoms with E-state index in [9.17, 15) is 4.79 Å². The van der Waals surface area contributed by atoms with E-state index in [-0.39, 0.29) is 11.6 Å². The number of aromatic amines is 1. The summed E-state index contributed by atoms with van der Waals surface area (Å²) in [6.07, 6.45) is 0. The molecule has 0 radical (unpaired) electrons. The number of halogens is 1. The Kier molecular flexibility index (Phi) is 3.07. The van der Waals surface area contributed by atoms with Crippen molar-refractivity contribution in [2.75, 3.05) is 7.05 Å². The van der Waals surface area contributed by atoms with Crippen molar-refractivity contribution in [3.8, 4) is 0 Å². The van der Waals surface area contributed by atoms with E-state index in [2.05, 4.69) is 31.2 Å². The molecule has 5 heteroatoms. The van der Waals surface area contributed by atoms with Gasteiger partial charge in [-0.15, -0.1) is 0 Å². The molecule has 1 aromatic carbocycles. The summed E-state index contributed by atoms with van der Waals surface area (Å²) in [7, 11) is 1.83. The lowest BCUT2D eigenvalue weighted by atomic mass is 10.2. The molecule has 0 aliphatic heterocycles. The number of hydrogen-bond donors (Lipinski definition) is 2. The second-order valence-electron chi connectivity index (χ2n) is 3.62. The number of hydrogen-bond acceptors (Lipinski definition) is 3. The van der Waals surface area contributed by atoms with Crippen LogP contribution in [0.3, 0.4) is 0 Å². The van der Waals surface area contributed by atoms with Crippen LogP contribution in [0.2, 0.25) is 0 Å². The highest BCUT2D eigenvalue weighted by atomic mass is 79.9. The van der Waals surface area contributed by atoms with Crippen LogP contribution in [0.25, 0.3) is 10.9 Å². The van der Waals surface area contributed by atoms with Crippen molar-refractivity contribution in [2.24, 2.45) is 0 Å². The predicted molar refractivity (Wildman–Crippen MR) is 67.5 cm³/mol. The fourth-order valence-electron chi connectivity index (χ4n) is 1.47. The summed E-state index contributed by atoms with van der Waals surface area (Å²) in [5, 5.41) is 3.64. The van der Waals surface area contributed by atoms with Gasteiger partial charge in [0.2, 0.25) is 0 Å². The molecule has 0 amide bonds. The molecule has 84 valence electrons. The molecule has 1 heterocycles. The van der Waals surface area contributed by atoms with Crippen molar-refractivity contribution >= 4 is 26.8 Å². The van der Waals surface area contributed by atoms with E-state index in [0.717, 1.165) is 4.47 Å². The third-order valence-corrected chi connectivity index (χ3v) is 3.02. The first-order valence-corrected chi connectivity index (χ1v) is 5.78. The lowest BCUT2D eigenvalue weighted by Crippen LogP contribution is -2.20. The quantitative estimate of drug-likeness (QED) is 0.885. The Morgan fingerprint density at radius 3 is 2.94 bits per heavy atom. The molecular weight excluding hydrogens is 270 g/mol. The molecule has 16 heavy (non-hydrogen) atoms. The van der Waals surface area contributed by atoms with Crippen molar-refractivity contribution < 1.29 is 0 Å². The number of H-pyrrole nitrogens is 1. The summed E-state index contributed by atoms with van der Waals surface area (Å²) in [5.74, 6) is 0.655. The smallest absolute Gasteiger partial charge is 0.258 e. The summed E-state index contributed by atoms with van der Waals surface area (Å²) < 4.78 is 0.877. The Labute approximate surface area is 101 Å². The lowest BCUT2D eigenvalue weighted by molar-refractivity contribution is 0.611. The van der Waals surface area contributed by atoms with Crippen LogP contribution in [-0.4, -0.2) is 17.0 Å². The first-order chi connectivity index (χ1) is 7.61. The number of fused-ring (bicyclic) bond motifs is 1. The van der Waals surface area contributed by atoms with E-state index in [1.807, 2.05) is 26.1 Å². The minimum Gasteiger partial charge on any atom is -0.311 e. The molecule has 1 atom stereocenters. The van der Waals surface area contributed by atoms with Crippen molar-refractivity contribution in [3.05, 3.63) is 38.9 Å². The largest absolute Gasteiger partial charge is 0.311 e. The van der Waals surface area contributed by atoms with Gasteiger partial charge >= 0.3 is 0 Å². The molecule has 2 aromatic rings. The van der Waals surface area contributed by atoms with E-state index in [1.54, 1.807) is 6.07 Å². The Morgan fingerprint density at radius 2 is 2.25 bits per heavy atom. The third-order valence-electron chi connectivity index (χ3n) is 2.53. The molecule has 0 spiro atoms. The van der Waals surface area contributed by atoms with Crippen molar-refractivity contribution in [1.82, 2.24) is 15.3 Å². The van der Waals surface area contributed by atoms with E-state index < -0.39 is 0 Å². The van der Waals surface area contributed by atoms with E-state index in [1.165, 1.54) is 0 Å². The number of rotatable bonds is 2.